The van der Waals surface area contributed by atoms with Gasteiger partial charge in [0.2, 0.25) is 0 Å². The molecule has 1 aliphatic carbocycles. The Morgan fingerprint density at radius 3 is 2.86 bits per heavy atom. The molecule has 0 fully saturated rings. The van der Waals surface area contributed by atoms with E-state index in [0.717, 1.165) is 0 Å². The van der Waals surface area contributed by atoms with Crippen LogP contribution in [0.4, 0.5) is 0 Å². The number of benzene rings is 1. The number of hydrogen-bond acceptors (Lipinski definition) is 0. The largest absolute Gasteiger partial charge is 0.0871 e. The fraction of sp³-hybridized carbons (Fsp3) is 0.286. The van der Waals surface area contributed by atoms with Gasteiger partial charge in [-0.1, -0.05) is 42.0 Å². The van der Waals surface area contributed by atoms with Gasteiger partial charge in [0.15, 0.2) is 0 Å². The van der Waals surface area contributed by atoms with Crippen molar-refractivity contribution in [3.05, 3.63) is 46.5 Å². The summed E-state index contributed by atoms with van der Waals surface area (Å²) in [7, 11) is 0. The molecule has 0 atom stereocenters. The number of aryl methyl sites for hydroxylation is 1. The summed E-state index contributed by atoms with van der Waals surface area (Å²) < 4.78 is 0. The van der Waals surface area contributed by atoms with Crippen LogP contribution < -0.4 is 0 Å². The Labute approximate surface area is 86.0 Å². The molecule has 0 aliphatic heterocycles. The third-order valence-corrected chi connectivity index (χ3v) is 2.72. The molecule has 0 saturated carbocycles. The lowest BCUT2D eigenvalue weighted by molar-refractivity contribution is 0.927. The molecule has 2 rings (SSSR count). The summed E-state index contributed by atoms with van der Waals surface area (Å²) in [6.45, 7) is 4.27. The number of fused-ring (bicyclic) bond motifs is 1. The second-order valence-corrected chi connectivity index (χ2v) is 3.95. The predicted octanol–water partition coefficient (Wildman–Crippen LogP) is 4.07. The van der Waals surface area contributed by atoms with E-state index in [-0.39, 0.29) is 0 Å². The van der Waals surface area contributed by atoms with Crippen molar-refractivity contribution < 1.29 is 0 Å². The zero-order valence-electron chi connectivity index (χ0n) is 8.88. The summed E-state index contributed by atoms with van der Waals surface area (Å²) in [6, 6.07) is 6.72. The first-order chi connectivity index (χ1) is 6.79. The molecule has 0 radical (unpaired) electrons. The van der Waals surface area contributed by atoms with Gasteiger partial charge in [-0.25, -0.2) is 0 Å². The fourth-order valence-electron chi connectivity index (χ4n) is 1.95. The van der Waals surface area contributed by atoms with Crippen LogP contribution in [0.5, 0.6) is 0 Å². The van der Waals surface area contributed by atoms with Crippen LogP contribution in [0.25, 0.3) is 12.2 Å². The fourth-order valence-corrected chi connectivity index (χ4v) is 1.95. The second-order valence-electron chi connectivity index (χ2n) is 3.95. The molecule has 0 amide bonds. The van der Waals surface area contributed by atoms with E-state index in [0.29, 0.717) is 0 Å². The molecule has 0 spiro atoms. The standard InChI is InChI=1S/C14H16/c1-3-4-12-6-8-13-9-11(2)5-7-14(13)10-12/h3-4,6,8-10H,5,7H2,1-2H3/b4-3+. The van der Waals surface area contributed by atoms with E-state index in [9.17, 15) is 0 Å². The van der Waals surface area contributed by atoms with Crippen molar-refractivity contribution in [2.24, 2.45) is 0 Å². The average Bonchev–Trinajstić information content (AvgIpc) is 2.19. The van der Waals surface area contributed by atoms with Crippen molar-refractivity contribution in [3.8, 4) is 0 Å². The molecule has 0 bridgehead atoms. The van der Waals surface area contributed by atoms with E-state index < -0.39 is 0 Å². The quantitative estimate of drug-likeness (QED) is 0.617. The van der Waals surface area contributed by atoms with Crippen molar-refractivity contribution in [1.82, 2.24) is 0 Å². The molecule has 0 saturated heterocycles. The summed E-state index contributed by atoms with van der Waals surface area (Å²) in [4.78, 5) is 0. The highest BCUT2D eigenvalue weighted by molar-refractivity contribution is 5.63. The third kappa shape index (κ3) is 1.79. The van der Waals surface area contributed by atoms with Gasteiger partial charge >= 0.3 is 0 Å². The summed E-state index contributed by atoms with van der Waals surface area (Å²) in [6.07, 6.45) is 8.96. The smallest absolute Gasteiger partial charge is 0.0225 e. The minimum Gasteiger partial charge on any atom is -0.0871 e. The van der Waals surface area contributed by atoms with Crippen LogP contribution in [0.1, 0.15) is 37.0 Å². The Balaban J connectivity index is 2.42. The van der Waals surface area contributed by atoms with Gasteiger partial charge in [0.05, 0.1) is 0 Å². The van der Waals surface area contributed by atoms with Crippen molar-refractivity contribution >= 4 is 12.2 Å². The van der Waals surface area contributed by atoms with Crippen LogP contribution in [0.2, 0.25) is 0 Å². The number of rotatable bonds is 1. The molecular weight excluding hydrogens is 168 g/mol. The van der Waals surface area contributed by atoms with Gasteiger partial charge in [-0.05, 0) is 43.4 Å². The maximum atomic E-state index is 2.30. The van der Waals surface area contributed by atoms with Gasteiger partial charge in [-0.3, -0.25) is 0 Å². The number of allylic oxidation sites excluding steroid dienone is 2. The molecule has 0 heterocycles. The van der Waals surface area contributed by atoms with Crippen molar-refractivity contribution in [1.29, 1.82) is 0 Å². The zero-order chi connectivity index (χ0) is 9.97. The second kappa shape index (κ2) is 3.83. The molecule has 1 aliphatic rings. The highest BCUT2D eigenvalue weighted by Gasteiger charge is 2.07. The van der Waals surface area contributed by atoms with E-state index in [1.807, 2.05) is 0 Å². The molecule has 0 nitrogen and oxygen atoms in total. The minimum absolute atomic E-state index is 1.20. The van der Waals surface area contributed by atoms with Gasteiger partial charge in [0.1, 0.15) is 0 Å². The predicted molar refractivity (Wildman–Crippen MR) is 63.1 cm³/mol. The van der Waals surface area contributed by atoms with Crippen molar-refractivity contribution in [2.45, 2.75) is 26.7 Å². The molecule has 0 aromatic heterocycles. The van der Waals surface area contributed by atoms with Crippen LogP contribution in [-0.2, 0) is 6.42 Å². The topological polar surface area (TPSA) is 0 Å². The lowest BCUT2D eigenvalue weighted by Gasteiger charge is -2.14. The van der Waals surface area contributed by atoms with E-state index in [1.165, 1.54) is 35.1 Å². The lowest BCUT2D eigenvalue weighted by Crippen LogP contribution is -1.97. The normalized spacial score (nSPS) is 15.4. The molecule has 0 heteroatoms. The summed E-state index contributed by atoms with van der Waals surface area (Å²) in [5, 5.41) is 0. The van der Waals surface area contributed by atoms with Crippen LogP contribution in [0.15, 0.2) is 29.8 Å². The minimum atomic E-state index is 1.20. The van der Waals surface area contributed by atoms with Gasteiger partial charge in [-0.15, -0.1) is 0 Å². The van der Waals surface area contributed by atoms with Crippen molar-refractivity contribution in [3.63, 3.8) is 0 Å². The number of hydrogen-bond donors (Lipinski definition) is 0. The summed E-state index contributed by atoms with van der Waals surface area (Å²) >= 11 is 0. The van der Waals surface area contributed by atoms with E-state index in [2.05, 4.69) is 50.3 Å². The zero-order valence-corrected chi connectivity index (χ0v) is 8.88. The first-order valence-electron chi connectivity index (χ1n) is 5.22. The first-order valence-corrected chi connectivity index (χ1v) is 5.22. The molecule has 0 N–H and O–H groups in total. The van der Waals surface area contributed by atoms with Gasteiger partial charge in [-0.2, -0.15) is 0 Å². The Morgan fingerprint density at radius 2 is 2.07 bits per heavy atom. The van der Waals surface area contributed by atoms with Crippen LogP contribution in [0.3, 0.4) is 0 Å². The van der Waals surface area contributed by atoms with E-state index >= 15 is 0 Å². The highest BCUT2D eigenvalue weighted by atomic mass is 14.1. The van der Waals surface area contributed by atoms with E-state index in [1.54, 1.807) is 0 Å². The van der Waals surface area contributed by atoms with Gasteiger partial charge < -0.3 is 0 Å². The summed E-state index contributed by atoms with van der Waals surface area (Å²) in [5.74, 6) is 0. The molecule has 14 heavy (non-hydrogen) atoms. The van der Waals surface area contributed by atoms with Crippen LogP contribution in [0, 0.1) is 0 Å². The first kappa shape index (κ1) is 9.26. The monoisotopic (exact) mass is 184 g/mol. The maximum Gasteiger partial charge on any atom is -0.0225 e. The Bertz CT molecular complexity index is 394. The van der Waals surface area contributed by atoms with Crippen molar-refractivity contribution in [2.75, 3.05) is 0 Å². The highest BCUT2D eigenvalue weighted by Crippen LogP contribution is 2.24. The Kier molecular flexibility index (Phi) is 2.53. The molecule has 1 aromatic rings. The molecule has 72 valence electrons. The summed E-state index contributed by atoms with van der Waals surface area (Å²) in [5.41, 5.74) is 5.71. The van der Waals surface area contributed by atoms with Gasteiger partial charge in [0, 0.05) is 0 Å². The van der Waals surface area contributed by atoms with Gasteiger partial charge in [0.25, 0.3) is 0 Å². The molecule has 0 unspecified atom stereocenters. The third-order valence-electron chi connectivity index (χ3n) is 2.72. The SMILES string of the molecule is C/C=C/c1ccc2c(c1)CCC(C)=C2. The van der Waals surface area contributed by atoms with E-state index in [4.69, 9.17) is 0 Å². The average molecular weight is 184 g/mol. The lowest BCUT2D eigenvalue weighted by atomic mass is 9.91. The maximum absolute atomic E-state index is 2.30. The Morgan fingerprint density at radius 1 is 1.21 bits per heavy atom. The molecule has 1 aromatic carbocycles. The van der Waals surface area contributed by atoms with Crippen LogP contribution >= 0.6 is 0 Å². The molecular formula is C14H16. The Hall–Kier alpha value is -1.30. The van der Waals surface area contributed by atoms with Crippen LogP contribution in [-0.4, -0.2) is 0 Å².